The molecule has 5 heteroatoms. The predicted octanol–water partition coefficient (Wildman–Crippen LogP) is -4.43. The summed E-state index contributed by atoms with van der Waals surface area (Å²) in [6, 6.07) is 33.4. The molecule has 0 nitrogen and oxygen atoms in total. The average molecular weight is 520 g/mol. The molecule has 0 saturated carbocycles. The summed E-state index contributed by atoms with van der Waals surface area (Å²) in [5.74, 6) is 0. The summed E-state index contributed by atoms with van der Waals surface area (Å²) >= 11 is 0. The molecule has 31 heavy (non-hydrogen) atoms. The van der Waals surface area contributed by atoms with Gasteiger partial charge in [-0.2, -0.15) is 6.08 Å². The van der Waals surface area contributed by atoms with E-state index in [1.54, 1.807) is 0 Å². The van der Waals surface area contributed by atoms with Crippen LogP contribution in [0, 0.1) is 6.08 Å². The van der Waals surface area contributed by atoms with Crippen molar-refractivity contribution in [2.45, 2.75) is 26.2 Å². The van der Waals surface area contributed by atoms with Crippen LogP contribution in [-0.2, 0) is 21.7 Å². The Labute approximate surface area is 221 Å². The Bertz CT molecular complexity index is 861. The second-order valence-electron chi connectivity index (χ2n) is 7.08. The standard InChI is InChI=1S/C26H25Si.3ClH.Ti/c1-2-13-22-14-12-21-26(22)27(23-15-6-3-7-16-23,24-17-8-4-9-18-24)25-19-10-5-11-20-25;;;;/h3-11,14-20H,2,12-13H2,1H3;3*1H;/q-1;;;;+4/p-3. The monoisotopic (exact) mass is 518 g/mol. The largest absolute Gasteiger partial charge is 4.00 e. The second kappa shape index (κ2) is 14.2. The molecule has 0 bridgehead atoms. The van der Waals surface area contributed by atoms with Gasteiger partial charge in [-0.25, -0.2) is 10.8 Å². The summed E-state index contributed by atoms with van der Waals surface area (Å²) in [5, 5.41) is 5.78. The Morgan fingerprint density at radius 2 is 1.06 bits per heavy atom. The van der Waals surface area contributed by atoms with Crippen LogP contribution in [0.4, 0.5) is 0 Å². The van der Waals surface area contributed by atoms with Gasteiger partial charge in [0.2, 0.25) is 0 Å². The predicted molar refractivity (Wildman–Crippen MR) is 118 cm³/mol. The number of rotatable bonds is 6. The van der Waals surface area contributed by atoms with E-state index in [1.165, 1.54) is 32.8 Å². The van der Waals surface area contributed by atoms with E-state index in [1.807, 2.05) is 0 Å². The number of hydrogen-bond acceptors (Lipinski definition) is 0. The van der Waals surface area contributed by atoms with Crippen LogP contribution in [0.15, 0.2) is 108 Å². The zero-order chi connectivity index (χ0) is 18.5. The van der Waals surface area contributed by atoms with Gasteiger partial charge in [0, 0.05) is 0 Å². The topological polar surface area (TPSA) is 0 Å². The van der Waals surface area contributed by atoms with Crippen molar-refractivity contribution in [3.8, 4) is 0 Å². The van der Waals surface area contributed by atoms with Crippen molar-refractivity contribution in [3.63, 3.8) is 0 Å². The smallest absolute Gasteiger partial charge is 1.00 e. The molecule has 0 spiro atoms. The van der Waals surface area contributed by atoms with Crippen LogP contribution in [0.2, 0.25) is 0 Å². The van der Waals surface area contributed by atoms with Crippen molar-refractivity contribution in [1.29, 1.82) is 0 Å². The Morgan fingerprint density at radius 3 is 1.42 bits per heavy atom. The summed E-state index contributed by atoms with van der Waals surface area (Å²) in [6.45, 7) is 2.27. The van der Waals surface area contributed by atoms with E-state index in [4.69, 9.17) is 0 Å². The molecule has 0 aromatic heterocycles. The van der Waals surface area contributed by atoms with Crippen molar-refractivity contribution in [2.24, 2.45) is 0 Å². The minimum absolute atomic E-state index is 0. The first-order chi connectivity index (χ1) is 13.4. The van der Waals surface area contributed by atoms with Gasteiger partial charge in [-0.05, 0) is 15.6 Å². The van der Waals surface area contributed by atoms with E-state index in [2.05, 4.69) is 110 Å². The molecule has 0 unspecified atom stereocenters. The summed E-state index contributed by atoms with van der Waals surface area (Å²) in [6.07, 6.45) is 9.44. The van der Waals surface area contributed by atoms with Gasteiger partial charge in [0.05, 0.1) is 0 Å². The summed E-state index contributed by atoms with van der Waals surface area (Å²) < 4.78 is 0. The molecule has 0 aliphatic heterocycles. The summed E-state index contributed by atoms with van der Waals surface area (Å²) in [7, 11) is -2.35. The number of allylic oxidation sites excluding steroid dienone is 4. The molecule has 0 fully saturated rings. The van der Waals surface area contributed by atoms with E-state index in [-0.39, 0.29) is 58.9 Å². The molecule has 1 aliphatic rings. The van der Waals surface area contributed by atoms with Gasteiger partial charge < -0.3 is 37.2 Å². The van der Waals surface area contributed by atoms with E-state index >= 15 is 0 Å². The van der Waals surface area contributed by atoms with Crippen LogP contribution < -0.4 is 52.8 Å². The first-order valence-corrected chi connectivity index (χ1v) is 11.8. The molecule has 0 saturated heterocycles. The first-order valence-electron chi connectivity index (χ1n) is 9.84. The van der Waals surface area contributed by atoms with Gasteiger partial charge in [0.25, 0.3) is 0 Å². The second-order valence-corrected chi connectivity index (χ2v) is 10.8. The fourth-order valence-electron chi connectivity index (χ4n) is 4.36. The Kier molecular flexibility index (Phi) is 13.7. The maximum Gasteiger partial charge on any atom is 4.00 e. The molecule has 1 aliphatic carbocycles. The van der Waals surface area contributed by atoms with Gasteiger partial charge in [-0.15, -0.1) is 6.42 Å². The van der Waals surface area contributed by atoms with Crippen LogP contribution in [-0.4, -0.2) is 8.07 Å². The van der Waals surface area contributed by atoms with Crippen LogP contribution in [0.25, 0.3) is 0 Å². The third-order valence-corrected chi connectivity index (χ3v) is 10.3. The molecule has 0 heterocycles. The van der Waals surface area contributed by atoms with Gasteiger partial charge in [-0.1, -0.05) is 111 Å². The SMILES string of the molecule is CCCC1=CC[C-]=C1[Si](c1ccccc1)(c1ccccc1)c1ccccc1.[Cl-].[Cl-].[Cl-].[Ti+4]. The first kappa shape index (κ1) is 29.9. The fraction of sp³-hybridized carbons (Fsp3) is 0.154. The van der Waals surface area contributed by atoms with Crippen molar-refractivity contribution < 1.29 is 58.9 Å². The molecule has 158 valence electrons. The zero-order valence-corrected chi connectivity index (χ0v) is 22.3. The van der Waals surface area contributed by atoms with Gasteiger partial charge in [0.1, 0.15) is 8.07 Å². The van der Waals surface area contributed by atoms with Gasteiger partial charge in [0.15, 0.2) is 0 Å². The number of halogens is 3. The molecular weight excluding hydrogens is 495 g/mol. The average Bonchev–Trinajstić information content (AvgIpc) is 3.20. The van der Waals surface area contributed by atoms with Crippen LogP contribution in [0.3, 0.4) is 0 Å². The van der Waals surface area contributed by atoms with E-state index in [0.717, 1.165) is 12.8 Å². The molecule has 0 atom stereocenters. The van der Waals surface area contributed by atoms with Crippen LogP contribution in [0.5, 0.6) is 0 Å². The molecule has 3 aromatic carbocycles. The quantitative estimate of drug-likeness (QED) is 0.175. The number of hydrogen-bond donors (Lipinski definition) is 0. The normalized spacial score (nSPS) is 12.2. The van der Waals surface area contributed by atoms with Crippen molar-refractivity contribution >= 4 is 23.6 Å². The summed E-state index contributed by atoms with van der Waals surface area (Å²) in [5.41, 5.74) is 1.50. The van der Waals surface area contributed by atoms with Gasteiger partial charge >= 0.3 is 21.7 Å². The maximum atomic E-state index is 3.81. The van der Waals surface area contributed by atoms with Crippen molar-refractivity contribution in [3.05, 3.63) is 114 Å². The molecule has 0 radical (unpaired) electrons. The van der Waals surface area contributed by atoms with E-state index in [0.29, 0.717) is 0 Å². The number of benzene rings is 3. The Hall–Kier alpha value is -1.06. The maximum absolute atomic E-state index is 3.81. The van der Waals surface area contributed by atoms with Crippen LogP contribution in [0.1, 0.15) is 26.2 Å². The Balaban J connectivity index is 0.00000225. The molecule has 4 rings (SSSR count). The van der Waals surface area contributed by atoms with Gasteiger partial charge in [-0.3, -0.25) is 6.08 Å². The third-order valence-electron chi connectivity index (χ3n) is 5.46. The zero-order valence-electron chi connectivity index (χ0n) is 17.5. The molecule has 3 aromatic rings. The minimum Gasteiger partial charge on any atom is -1.00 e. The minimum atomic E-state index is -2.35. The van der Waals surface area contributed by atoms with E-state index < -0.39 is 8.07 Å². The third kappa shape index (κ3) is 5.85. The summed E-state index contributed by atoms with van der Waals surface area (Å²) in [4.78, 5) is 0. The van der Waals surface area contributed by atoms with Crippen molar-refractivity contribution in [1.82, 2.24) is 0 Å². The molecule has 0 amide bonds. The van der Waals surface area contributed by atoms with E-state index in [9.17, 15) is 0 Å². The van der Waals surface area contributed by atoms with Crippen LogP contribution >= 0.6 is 0 Å². The molecule has 0 N–H and O–H groups in total. The molecular formula is C26H25Cl3SiTi. The fourth-order valence-corrected chi connectivity index (χ4v) is 9.38. The van der Waals surface area contributed by atoms with Crippen molar-refractivity contribution in [2.75, 3.05) is 0 Å². The Morgan fingerprint density at radius 1 is 0.677 bits per heavy atom.